The average Bonchev–Trinajstić information content (AvgIpc) is 3.17. The Morgan fingerprint density at radius 1 is 1.11 bits per heavy atom. The van der Waals surface area contributed by atoms with E-state index in [4.69, 9.17) is 9.47 Å². The van der Waals surface area contributed by atoms with E-state index >= 15 is 0 Å². The molecule has 0 aliphatic carbocycles. The Morgan fingerprint density at radius 2 is 1.86 bits per heavy atom. The number of ether oxygens (including phenoxy) is 2. The number of benzene rings is 1. The maximum Gasteiger partial charge on any atom is 0.254 e. The first-order chi connectivity index (χ1) is 13.7. The van der Waals surface area contributed by atoms with E-state index in [-0.39, 0.29) is 12.7 Å². The Bertz CT molecular complexity index is 825. The van der Waals surface area contributed by atoms with Crippen LogP contribution in [-0.4, -0.2) is 60.7 Å². The topological polar surface area (TPSA) is 54.9 Å². The third kappa shape index (κ3) is 4.28. The Balaban J connectivity index is 1.21. The lowest BCUT2D eigenvalue weighted by Gasteiger charge is -2.29. The zero-order chi connectivity index (χ0) is 19.3. The minimum atomic E-state index is 0.111. The molecule has 148 valence electrons. The normalized spacial score (nSPS) is 15.2. The van der Waals surface area contributed by atoms with Crippen molar-refractivity contribution in [2.75, 3.05) is 40.0 Å². The van der Waals surface area contributed by atoms with Crippen LogP contribution in [0, 0.1) is 0 Å². The van der Waals surface area contributed by atoms with Crippen molar-refractivity contribution < 1.29 is 14.3 Å². The van der Waals surface area contributed by atoms with Crippen molar-refractivity contribution in [2.45, 2.75) is 25.7 Å². The molecule has 1 aromatic carbocycles. The Morgan fingerprint density at radius 3 is 2.68 bits per heavy atom. The van der Waals surface area contributed by atoms with Gasteiger partial charge in [-0.3, -0.25) is 9.78 Å². The highest BCUT2D eigenvalue weighted by Crippen LogP contribution is 2.36. The van der Waals surface area contributed by atoms with Crippen molar-refractivity contribution in [1.29, 1.82) is 0 Å². The van der Waals surface area contributed by atoms with Crippen molar-refractivity contribution in [3.05, 3.63) is 53.3 Å². The molecule has 6 nitrogen and oxygen atoms in total. The van der Waals surface area contributed by atoms with Gasteiger partial charge in [-0.05, 0) is 81.2 Å². The second-order valence-corrected chi connectivity index (χ2v) is 7.52. The molecule has 2 aliphatic heterocycles. The molecule has 0 spiro atoms. The largest absolute Gasteiger partial charge is 0.454 e. The quantitative estimate of drug-likeness (QED) is 0.704. The maximum atomic E-state index is 12.8. The number of aryl methyl sites for hydroxylation is 1. The third-order valence-electron chi connectivity index (χ3n) is 5.49. The zero-order valence-electron chi connectivity index (χ0n) is 16.4. The number of pyridine rings is 1. The zero-order valence-corrected chi connectivity index (χ0v) is 16.4. The van der Waals surface area contributed by atoms with Gasteiger partial charge in [-0.2, -0.15) is 0 Å². The lowest BCUT2D eigenvalue weighted by atomic mass is 9.98. The van der Waals surface area contributed by atoms with Crippen LogP contribution in [0.25, 0.3) is 0 Å². The van der Waals surface area contributed by atoms with Crippen LogP contribution < -0.4 is 9.47 Å². The highest BCUT2D eigenvalue weighted by molar-refractivity contribution is 5.97. The monoisotopic (exact) mass is 381 g/mol. The molecule has 0 fully saturated rings. The number of rotatable bonds is 8. The van der Waals surface area contributed by atoms with Crippen molar-refractivity contribution in [3.8, 4) is 11.5 Å². The Labute approximate surface area is 166 Å². The SMILES string of the molecule is CN(CCCc1ccncc1)CCCN1CCc2cc3c(cc2C1=O)OCO3. The number of carbonyl (C=O) groups is 1. The van der Waals surface area contributed by atoms with Gasteiger partial charge in [0.15, 0.2) is 11.5 Å². The smallest absolute Gasteiger partial charge is 0.254 e. The minimum Gasteiger partial charge on any atom is -0.454 e. The van der Waals surface area contributed by atoms with Crippen LogP contribution in [0.2, 0.25) is 0 Å². The fourth-order valence-electron chi connectivity index (χ4n) is 3.88. The highest BCUT2D eigenvalue weighted by atomic mass is 16.7. The van der Waals surface area contributed by atoms with Crippen molar-refractivity contribution in [1.82, 2.24) is 14.8 Å². The molecule has 0 atom stereocenters. The molecule has 2 aromatic rings. The summed E-state index contributed by atoms with van der Waals surface area (Å²) >= 11 is 0. The number of fused-ring (bicyclic) bond motifs is 2. The second-order valence-electron chi connectivity index (χ2n) is 7.52. The van der Waals surface area contributed by atoms with E-state index in [0.29, 0.717) is 5.75 Å². The Hall–Kier alpha value is -2.60. The van der Waals surface area contributed by atoms with Gasteiger partial charge in [-0.15, -0.1) is 0 Å². The molecule has 0 N–H and O–H groups in total. The molecule has 28 heavy (non-hydrogen) atoms. The summed E-state index contributed by atoms with van der Waals surface area (Å²) in [6.45, 7) is 3.86. The molecule has 4 rings (SSSR count). The van der Waals surface area contributed by atoms with E-state index < -0.39 is 0 Å². The summed E-state index contributed by atoms with van der Waals surface area (Å²) < 4.78 is 10.8. The lowest BCUT2D eigenvalue weighted by Crippen LogP contribution is -2.39. The molecule has 3 heterocycles. The summed E-state index contributed by atoms with van der Waals surface area (Å²) in [6.07, 6.45) is 7.76. The van der Waals surface area contributed by atoms with Gasteiger partial charge in [0.1, 0.15) is 0 Å². The van der Waals surface area contributed by atoms with Gasteiger partial charge >= 0.3 is 0 Å². The number of hydrogen-bond acceptors (Lipinski definition) is 5. The minimum absolute atomic E-state index is 0.111. The molecule has 1 aromatic heterocycles. The van der Waals surface area contributed by atoms with Gasteiger partial charge in [0.2, 0.25) is 6.79 Å². The van der Waals surface area contributed by atoms with Crippen LogP contribution >= 0.6 is 0 Å². The van der Waals surface area contributed by atoms with Gasteiger partial charge in [-0.25, -0.2) is 0 Å². The average molecular weight is 381 g/mol. The number of carbonyl (C=O) groups excluding carboxylic acids is 1. The highest BCUT2D eigenvalue weighted by Gasteiger charge is 2.27. The van der Waals surface area contributed by atoms with Crippen LogP contribution in [0.4, 0.5) is 0 Å². The van der Waals surface area contributed by atoms with E-state index in [1.54, 1.807) is 0 Å². The number of hydrogen-bond donors (Lipinski definition) is 0. The van der Waals surface area contributed by atoms with Crippen molar-refractivity contribution in [2.24, 2.45) is 0 Å². The van der Waals surface area contributed by atoms with E-state index in [9.17, 15) is 4.79 Å². The van der Waals surface area contributed by atoms with Gasteiger partial charge in [-0.1, -0.05) is 0 Å². The summed E-state index contributed by atoms with van der Waals surface area (Å²) in [5, 5.41) is 0. The van der Waals surface area contributed by atoms with E-state index in [1.165, 1.54) is 5.56 Å². The van der Waals surface area contributed by atoms with Crippen molar-refractivity contribution >= 4 is 5.91 Å². The molecular weight excluding hydrogens is 354 g/mol. The summed E-state index contributed by atoms with van der Waals surface area (Å²) in [5.41, 5.74) is 3.17. The molecule has 0 saturated heterocycles. The molecule has 6 heteroatoms. The standard InChI is InChI=1S/C22H27N3O3/c1-24(10-2-4-17-5-8-23-9-6-17)11-3-12-25-13-7-18-14-20-21(28-16-27-20)15-19(18)22(25)26/h5-6,8-9,14-15H,2-4,7,10-13,16H2,1H3. The first-order valence-electron chi connectivity index (χ1n) is 10.00. The number of aromatic nitrogens is 1. The number of nitrogens with zero attached hydrogens (tertiary/aromatic N) is 3. The molecule has 2 aliphatic rings. The predicted molar refractivity (Wildman–Crippen MR) is 107 cm³/mol. The van der Waals surface area contributed by atoms with Crippen LogP contribution in [0.5, 0.6) is 11.5 Å². The third-order valence-corrected chi connectivity index (χ3v) is 5.49. The second kappa shape index (κ2) is 8.61. The van der Waals surface area contributed by atoms with E-state index in [1.807, 2.05) is 29.4 Å². The predicted octanol–water partition coefficient (Wildman–Crippen LogP) is 2.76. The van der Waals surface area contributed by atoms with Crippen molar-refractivity contribution in [3.63, 3.8) is 0 Å². The Kier molecular flexibility index (Phi) is 5.76. The van der Waals surface area contributed by atoms with Gasteiger partial charge in [0.25, 0.3) is 5.91 Å². The summed E-state index contributed by atoms with van der Waals surface area (Å²) in [4.78, 5) is 21.2. The molecule has 0 saturated carbocycles. The fraction of sp³-hybridized carbons (Fsp3) is 0.455. The van der Waals surface area contributed by atoms with Gasteiger partial charge < -0.3 is 19.3 Å². The van der Waals surface area contributed by atoms with Gasteiger partial charge in [0.05, 0.1) is 0 Å². The summed E-state index contributed by atoms with van der Waals surface area (Å²) in [7, 11) is 2.15. The van der Waals surface area contributed by atoms with Crippen LogP contribution in [0.15, 0.2) is 36.7 Å². The van der Waals surface area contributed by atoms with Crippen LogP contribution in [0.1, 0.15) is 34.3 Å². The van der Waals surface area contributed by atoms with Crippen LogP contribution in [-0.2, 0) is 12.8 Å². The first-order valence-corrected chi connectivity index (χ1v) is 10.00. The molecule has 0 unspecified atom stereocenters. The lowest BCUT2D eigenvalue weighted by molar-refractivity contribution is 0.0733. The van der Waals surface area contributed by atoms with Crippen LogP contribution in [0.3, 0.4) is 0 Å². The first kappa shape index (κ1) is 18.7. The van der Waals surface area contributed by atoms with Gasteiger partial charge in [0, 0.05) is 31.0 Å². The van der Waals surface area contributed by atoms with E-state index in [2.05, 4.69) is 29.1 Å². The fourth-order valence-corrected chi connectivity index (χ4v) is 3.88. The van der Waals surface area contributed by atoms with E-state index in [0.717, 1.165) is 68.7 Å². The molecule has 0 bridgehead atoms. The molecular formula is C22H27N3O3. The molecule has 1 amide bonds. The summed E-state index contributed by atoms with van der Waals surface area (Å²) in [5.74, 6) is 1.55. The molecule has 0 radical (unpaired) electrons. The maximum absolute atomic E-state index is 12.8. The number of amides is 1. The summed E-state index contributed by atoms with van der Waals surface area (Å²) in [6, 6.07) is 7.96.